The SMILES string of the molecule is C[NH2+]/C(=C\C(=N)c1cnc2cc(OCCO)c(S(=O)(=O)C(C)(C)C)cn12)C(=O)N[C@H](C)c1ccccn1. The molecule has 0 aliphatic rings. The van der Waals surface area contributed by atoms with Gasteiger partial charge in [-0.2, -0.15) is 0 Å². The highest BCUT2D eigenvalue weighted by Gasteiger charge is 2.34. The highest BCUT2D eigenvalue weighted by atomic mass is 32.2. The number of fused-ring (bicyclic) bond motifs is 1. The number of likely N-dealkylation sites (N-methyl/N-ethyl adjacent to an activating group) is 1. The van der Waals surface area contributed by atoms with E-state index in [1.165, 1.54) is 28.9 Å². The summed E-state index contributed by atoms with van der Waals surface area (Å²) in [6.07, 6.45) is 5.85. The number of rotatable bonds is 10. The number of aromatic nitrogens is 3. The molecular weight excluding hydrogens is 496 g/mol. The van der Waals surface area contributed by atoms with Crippen molar-refractivity contribution in [3.63, 3.8) is 0 Å². The quantitative estimate of drug-likeness (QED) is 0.225. The zero-order chi connectivity index (χ0) is 27.4. The number of pyridine rings is 2. The van der Waals surface area contributed by atoms with E-state index in [2.05, 4.69) is 15.3 Å². The molecule has 198 valence electrons. The Morgan fingerprint density at radius 1 is 1.32 bits per heavy atom. The number of ether oxygens (including phenoxy) is 1. The number of aliphatic hydroxyl groups is 1. The number of nitrogens with zero attached hydrogens (tertiary/aromatic N) is 3. The summed E-state index contributed by atoms with van der Waals surface area (Å²) in [5, 5.41) is 22.3. The Balaban J connectivity index is 1.99. The van der Waals surface area contributed by atoms with Crippen molar-refractivity contribution in [3.8, 4) is 5.75 Å². The number of allylic oxidation sites excluding steroid dienone is 1. The normalized spacial score (nSPS) is 13.4. The minimum absolute atomic E-state index is 0.0376. The lowest BCUT2D eigenvalue weighted by Crippen LogP contribution is -2.80. The number of quaternary nitrogens is 1. The molecule has 11 nitrogen and oxygen atoms in total. The van der Waals surface area contributed by atoms with E-state index in [0.717, 1.165) is 0 Å². The number of hydrogen-bond acceptors (Lipinski definition) is 8. The van der Waals surface area contributed by atoms with Crippen molar-refractivity contribution < 1.29 is 28.4 Å². The van der Waals surface area contributed by atoms with Gasteiger partial charge >= 0.3 is 5.91 Å². The fourth-order valence-corrected chi connectivity index (χ4v) is 4.77. The molecule has 3 heterocycles. The second-order valence-corrected chi connectivity index (χ2v) is 12.0. The van der Waals surface area contributed by atoms with Crippen LogP contribution in [0.15, 0.2) is 59.5 Å². The standard InChI is InChI=1S/C25H32N6O5S/c1-16(18-8-6-7-9-28-18)30-24(33)19(27-5)12-17(26)20-14-29-23-13-21(36-11-10-32)22(15-31(20)23)37(34,35)25(2,3)4/h6-9,12-16,26-27,32H,10-11H2,1-5H3,(H,30,33)/p+1/b19-12-,26-17?/t16-/m1/s1. The Hall–Kier alpha value is -3.61. The van der Waals surface area contributed by atoms with Gasteiger partial charge in [0, 0.05) is 24.5 Å². The average Bonchev–Trinajstić information content (AvgIpc) is 3.28. The smallest absolute Gasteiger partial charge is 0.305 e. The van der Waals surface area contributed by atoms with Crippen LogP contribution in [0.2, 0.25) is 0 Å². The molecule has 1 atom stereocenters. The van der Waals surface area contributed by atoms with E-state index in [-0.39, 0.29) is 47.2 Å². The third kappa shape index (κ3) is 6.04. The predicted molar refractivity (Wildman–Crippen MR) is 138 cm³/mol. The second kappa shape index (κ2) is 11.2. The third-order valence-electron chi connectivity index (χ3n) is 5.65. The van der Waals surface area contributed by atoms with Crippen LogP contribution in [0.1, 0.15) is 45.1 Å². The van der Waals surface area contributed by atoms with Gasteiger partial charge in [0.2, 0.25) is 0 Å². The van der Waals surface area contributed by atoms with Gasteiger partial charge in [-0.1, -0.05) is 6.07 Å². The van der Waals surface area contributed by atoms with Gasteiger partial charge in [0.1, 0.15) is 22.9 Å². The van der Waals surface area contributed by atoms with Gasteiger partial charge in [-0.25, -0.2) is 13.4 Å². The van der Waals surface area contributed by atoms with E-state index in [1.54, 1.807) is 45.4 Å². The summed E-state index contributed by atoms with van der Waals surface area (Å²) in [4.78, 5) is 21.4. The topological polar surface area (TPSA) is 163 Å². The minimum Gasteiger partial charge on any atom is -0.490 e. The van der Waals surface area contributed by atoms with Crippen molar-refractivity contribution in [1.29, 1.82) is 5.41 Å². The van der Waals surface area contributed by atoms with E-state index >= 15 is 0 Å². The summed E-state index contributed by atoms with van der Waals surface area (Å²) >= 11 is 0. The van der Waals surface area contributed by atoms with Crippen LogP contribution in [0, 0.1) is 5.41 Å². The summed E-state index contributed by atoms with van der Waals surface area (Å²) in [6, 6.07) is 6.56. The summed E-state index contributed by atoms with van der Waals surface area (Å²) in [7, 11) is -2.16. The number of sulfone groups is 1. The van der Waals surface area contributed by atoms with Gasteiger partial charge in [0.25, 0.3) is 0 Å². The molecule has 0 fully saturated rings. The number of imidazole rings is 1. The molecule has 0 saturated carbocycles. The van der Waals surface area contributed by atoms with Crippen molar-refractivity contribution >= 4 is 27.1 Å². The third-order valence-corrected chi connectivity index (χ3v) is 8.15. The molecule has 5 N–H and O–H groups in total. The molecular formula is C25H33N6O5S+. The largest absolute Gasteiger partial charge is 0.490 e. The van der Waals surface area contributed by atoms with Crippen LogP contribution in [0.4, 0.5) is 0 Å². The number of nitrogens with one attached hydrogen (secondary N) is 2. The number of aliphatic hydroxyl groups excluding tert-OH is 1. The Kier molecular flexibility index (Phi) is 8.46. The number of carbonyl (C=O) groups excluding carboxylic acids is 1. The summed E-state index contributed by atoms with van der Waals surface area (Å²) < 4.78 is 32.5. The Morgan fingerprint density at radius 2 is 2.05 bits per heavy atom. The second-order valence-electron chi connectivity index (χ2n) is 9.31. The first-order chi connectivity index (χ1) is 17.4. The molecule has 0 aromatic carbocycles. The van der Waals surface area contributed by atoms with E-state index in [1.807, 2.05) is 19.1 Å². The molecule has 0 unspecified atom stereocenters. The van der Waals surface area contributed by atoms with E-state index in [4.69, 9.17) is 10.1 Å². The van der Waals surface area contributed by atoms with Gasteiger partial charge in [-0.15, -0.1) is 0 Å². The molecule has 0 radical (unpaired) electrons. The first-order valence-electron chi connectivity index (χ1n) is 11.7. The molecule has 0 saturated heterocycles. The van der Waals surface area contributed by atoms with Crippen LogP contribution in [0.5, 0.6) is 5.75 Å². The molecule has 3 aromatic heterocycles. The molecule has 0 bridgehead atoms. The predicted octanol–water partition coefficient (Wildman–Crippen LogP) is 0.995. The lowest BCUT2D eigenvalue weighted by atomic mass is 10.2. The highest BCUT2D eigenvalue weighted by molar-refractivity contribution is 7.92. The Bertz CT molecular complexity index is 1430. The maximum atomic E-state index is 13.3. The Morgan fingerprint density at radius 3 is 2.65 bits per heavy atom. The van der Waals surface area contributed by atoms with Crippen molar-refractivity contribution in [3.05, 3.63) is 66.0 Å². The fraction of sp³-hybridized carbons (Fsp3) is 0.360. The summed E-state index contributed by atoms with van der Waals surface area (Å²) in [6.45, 7) is 6.18. The number of amides is 1. The maximum absolute atomic E-state index is 13.3. The first kappa shape index (κ1) is 28.0. The number of nitrogens with two attached hydrogens (primary N) is 1. The van der Waals surface area contributed by atoms with Gasteiger partial charge in [0.15, 0.2) is 15.5 Å². The zero-order valence-corrected chi connectivity index (χ0v) is 22.3. The lowest BCUT2D eigenvalue weighted by molar-refractivity contribution is -0.570. The fourth-order valence-electron chi connectivity index (χ4n) is 3.48. The van der Waals surface area contributed by atoms with Crippen molar-refractivity contribution in [2.24, 2.45) is 0 Å². The monoisotopic (exact) mass is 529 g/mol. The molecule has 3 aromatic rings. The maximum Gasteiger partial charge on any atom is 0.305 e. The van der Waals surface area contributed by atoms with Crippen LogP contribution in [0.3, 0.4) is 0 Å². The molecule has 0 spiro atoms. The van der Waals surface area contributed by atoms with Crippen molar-refractivity contribution in [2.75, 3.05) is 20.3 Å². The van der Waals surface area contributed by atoms with E-state index in [9.17, 15) is 18.3 Å². The summed E-state index contributed by atoms with van der Waals surface area (Å²) in [5.41, 5.74) is 1.57. The van der Waals surface area contributed by atoms with E-state index < -0.39 is 14.6 Å². The van der Waals surface area contributed by atoms with Gasteiger partial charge < -0.3 is 20.5 Å². The van der Waals surface area contributed by atoms with E-state index in [0.29, 0.717) is 17.0 Å². The summed E-state index contributed by atoms with van der Waals surface area (Å²) in [5.74, 6) is -0.309. The minimum atomic E-state index is -3.85. The molecule has 0 aliphatic carbocycles. The van der Waals surface area contributed by atoms with Gasteiger partial charge in [0.05, 0.1) is 47.7 Å². The van der Waals surface area contributed by atoms with Gasteiger partial charge in [-0.3, -0.25) is 19.6 Å². The van der Waals surface area contributed by atoms with Gasteiger partial charge in [-0.05, 0) is 39.8 Å². The van der Waals surface area contributed by atoms with Crippen molar-refractivity contribution in [1.82, 2.24) is 19.7 Å². The van der Waals surface area contributed by atoms with Crippen LogP contribution in [-0.2, 0) is 14.6 Å². The molecule has 1 amide bonds. The van der Waals surface area contributed by atoms with Crippen LogP contribution >= 0.6 is 0 Å². The zero-order valence-electron chi connectivity index (χ0n) is 21.5. The Labute approximate surface area is 216 Å². The average molecular weight is 530 g/mol. The molecule has 12 heteroatoms. The first-order valence-corrected chi connectivity index (χ1v) is 13.2. The molecule has 37 heavy (non-hydrogen) atoms. The van der Waals surface area contributed by atoms with Crippen LogP contribution in [0.25, 0.3) is 5.65 Å². The van der Waals surface area contributed by atoms with Crippen LogP contribution in [-0.4, -0.2) is 64.5 Å². The van der Waals surface area contributed by atoms with Crippen molar-refractivity contribution in [2.45, 2.75) is 43.4 Å². The number of carbonyl (C=O) groups is 1. The molecule has 3 rings (SSSR count). The van der Waals surface area contributed by atoms with Crippen LogP contribution < -0.4 is 15.4 Å². The highest BCUT2D eigenvalue weighted by Crippen LogP contribution is 2.33. The molecule has 0 aliphatic heterocycles. The number of hydrogen-bond donors (Lipinski definition) is 4. The lowest BCUT2D eigenvalue weighted by Gasteiger charge is -2.21.